The first-order chi connectivity index (χ1) is 20.1. The summed E-state index contributed by atoms with van der Waals surface area (Å²) >= 11 is 3.33. The highest BCUT2D eigenvalue weighted by molar-refractivity contribution is 8.12. The van der Waals surface area contributed by atoms with Gasteiger partial charge in [-0.05, 0) is 54.6 Å². The summed E-state index contributed by atoms with van der Waals surface area (Å²) in [6.07, 6.45) is 7.49. The molecular weight excluding hydrogens is 581 g/mol. The van der Waals surface area contributed by atoms with Crippen molar-refractivity contribution in [1.82, 2.24) is 0 Å². The fourth-order valence-corrected chi connectivity index (χ4v) is 7.38. The van der Waals surface area contributed by atoms with Crippen LogP contribution >= 0.6 is 32.3 Å². The maximum atomic E-state index is 10.7. The highest BCUT2D eigenvalue weighted by Gasteiger charge is 2.16. The molecule has 1 atom stereocenters. The number of aryl methyl sites for hydroxylation is 1. The molecule has 5 nitrogen and oxygen atoms in total. The Bertz CT molecular complexity index is 1360. The van der Waals surface area contributed by atoms with E-state index >= 15 is 0 Å². The Balaban J connectivity index is 0.000000408. The van der Waals surface area contributed by atoms with E-state index in [-0.39, 0.29) is 0 Å². The summed E-state index contributed by atoms with van der Waals surface area (Å²) in [7, 11) is 7.61. The standard InChI is InChI=1S/C25H28NO3PS2.C9H16O/c1-15-8-7-9-18(10-15)19-11-23(31-14-19)25(16(2)30)32-17(3)26-20-12-21(27-4)24(29-6)22(13-20)28-5;1-8(10)7-9-5-3-2-4-6-9/h7-14,26H,3,30H2,1-2,4-6H3;9H,2-7H2,1H3/b25-16+;. The van der Waals surface area contributed by atoms with E-state index in [4.69, 9.17) is 14.2 Å². The summed E-state index contributed by atoms with van der Waals surface area (Å²) in [5.74, 6) is 2.83. The van der Waals surface area contributed by atoms with Gasteiger partial charge in [0.15, 0.2) is 11.5 Å². The summed E-state index contributed by atoms with van der Waals surface area (Å²) in [4.78, 5) is 13.1. The molecule has 2 aromatic carbocycles. The number of Topliss-reactive ketones (excluding diaryl/α,β-unsaturated/α-hetero) is 1. The molecule has 0 radical (unpaired) electrons. The fourth-order valence-electron chi connectivity index (χ4n) is 5.02. The van der Waals surface area contributed by atoms with Gasteiger partial charge >= 0.3 is 0 Å². The molecular formula is C34H44NO4PS2. The van der Waals surface area contributed by atoms with Crippen molar-refractivity contribution in [2.24, 2.45) is 5.92 Å². The normalized spacial score (nSPS) is 13.8. The molecule has 0 amide bonds. The first kappa shape index (κ1) is 33.8. The van der Waals surface area contributed by atoms with Crippen LogP contribution in [0.15, 0.2) is 64.8 Å². The summed E-state index contributed by atoms with van der Waals surface area (Å²) in [5.41, 5.74) is 4.52. The van der Waals surface area contributed by atoms with Gasteiger partial charge in [0.1, 0.15) is 5.78 Å². The Kier molecular flexibility index (Phi) is 13.5. The lowest BCUT2D eigenvalue weighted by atomic mass is 9.86. The lowest BCUT2D eigenvalue weighted by molar-refractivity contribution is -0.118. The van der Waals surface area contributed by atoms with Gasteiger partial charge in [0.2, 0.25) is 5.75 Å². The summed E-state index contributed by atoms with van der Waals surface area (Å²) in [5, 5.41) is 7.51. The van der Waals surface area contributed by atoms with Gasteiger partial charge in [-0.25, -0.2) is 0 Å². The van der Waals surface area contributed by atoms with Crippen LogP contribution in [0.2, 0.25) is 0 Å². The number of benzene rings is 2. The van der Waals surface area contributed by atoms with Crippen molar-refractivity contribution in [1.29, 1.82) is 0 Å². The SMILES string of the molecule is C=C(Nc1cc(OC)c(OC)c(OC)c1)S/C(=C(\C)P)c1cc(-c2cccc(C)c2)cs1.CC(=O)CC1CCCCC1. The van der Waals surface area contributed by atoms with Gasteiger partial charge in [0, 0.05) is 34.0 Å². The topological polar surface area (TPSA) is 56.8 Å². The lowest BCUT2D eigenvalue weighted by Crippen LogP contribution is -2.09. The number of hydrogen-bond acceptors (Lipinski definition) is 7. The number of nitrogens with one attached hydrogen (secondary N) is 1. The summed E-state index contributed by atoms with van der Waals surface area (Å²) < 4.78 is 16.3. The summed E-state index contributed by atoms with van der Waals surface area (Å²) in [6.45, 7) is 10.1. The summed E-state index contributed by atoms with van der Waals surface area (Å²) in [6, 6.07) is 14.5. The molecule has 0 bridgehead atoms. The number of allylic oxidation sites excluding steroid dienone is 1. The van der Waals surface area contributed by atoms with E-state index in [1.165, 1.54) is 53.7 Å². The highest BCUT2D eigenvalue weighted by atomic mass is 32.2. The van der Waals surface area contributed by atoms with E-state index < -0.39 is 0 Å². The lowest BCUT2D eigenvalue weighted by Gasteiger charge is -2.19. The van der Waals surface area contributed by atoms with E-state index in [0.717, 1.165) is 33.3 Å². The van der Waals surface area contributed by atoms with Gasteiger partial charge < -0.3 is 24.3 Å². The van der Waals surface area contributed by atoms with Crippen molar-refractivity contribution in [2.45, 2.75) is 59.3 Å². The number of ether oxygens (including phenoxy) is 3. The smallest absolute Gasteiger partial charge is 0.203 e. The number of carbonyl (C=O) groups is 1. The van der Waals surface area contributed by atoms with Crippen LogP contribution in [0.5, 0.6) is 17.2 Å². The molecule has 1 saturated carbocycles. The predicted octanol–water partition coefficient (Wildman–Crippen LogP) is 10.2. The third kappa shape index (κ3) is 9.93. The van der Waals surface area contributed by atoms with E-state index in [2.05, 4.69) is 70.7 Å². The Hall–Kier alpha value is -2.73. The molecule has 1 aromatic heterocycles. The zero-order chi connectivity index (χ0) is 30.6. The zero-order valence-corrected chi connectivity index (χ0v) is 28.5. The van der Waals surface area contributed by atoms with Crippen LogP contribution in [-0.4, -0.2) is 27.1 Å². The molecule has 1 fully saturated rings. The second-order valence-electron chi connectivity index (χ2n) is 10.6. The van der Waals surface area contributed by atoms with Crippen molar-refractivity contribution < 1.29 is 19.0 Å². The number of methoxy groups -OCH3 is 3. The molecule has 42 heavy (non-hydrogen) atoms. The van der Waals surface area contributed by atoms with Crippen LogP contribution in [0.4, 0.5) is 5.69 Å². The average Bonchev–Trinajstić information content (AvgIpc) is 3.46. The minimum atomic E-state index is 0.368. The average molecular weight is 626 g/mol. The van der Waals surface area contributed by atoms with Crippen LogP contribution in [-0.2, 0) is 4.79 Å². The monoisotopic (exact) mass is 625 g/mol. The zero-order valence-electron chi connectivity index (χ0n) is 25.7. The molecule has 1 unspecified atom stereocenters. The molecule has 4 rings (SSSR count). The largest absolute Gasteiger partial charge is 0.493 e. The Morgan fingerprint density at radius 3 is 2.21 bits per heavy atom. The Morgan fingerprint density at radius 1 is 1.00 bits per heavy atom. The molecule has 226 valence electrons. The molecule has 3 aromatic rings. The molecule has 8 heteroatoms. The molecule has 1 aliphatic carbocycles. The van der Waals surface area contributed by atoms with Gasteiger partial charge in [-0.15, -0.1) is 20.6 Å². The number of rotatable bonds is 11. The second-order valence-corrected chi connectivity index (χ2v) is 13.4. The first-order valence-electron chi connectivity index (χ1n) is 14.2. The van der Waals surface area contributed by atoms with Crippen molar-refractivity contribution >= 4 is 48.7 Å². The molecule has 0 aliphatic heterocycles. The van der Waals surface area contributed by atoms with Crippen LogP contribution in [0.3, 0.4) is 0 Å². The Labute approximate surface area is 262 Å². The maximum absolute atomic E-state index is 10.7. The minimum absolute atomic E-state index is 0.368. The number of thioether (sulfide) groups is 1. The number of thiophene rings is 1. The highest BCUT2D eigenvalue weighted by Crippen LogP contribution is 2.44. The quantitative estimate of drug-likeness (QED) is 0.214. The van der Waals surface area contributed by atoms with Crippen LogP contribution in [0.25, 0.3) is 16.0 Å². The van der Waals surface area contributed by atoms with Crippen LogP contribution in [0.1, 0.15) is 62.8 Å². The number of anilines is 1. The molecule has 1 aliphatic rings. The Morgan fingerprint density at radius 2 is 1.67 bits per heavy atom. The molecule has 0 spiro atoms. The van der Waals surface area contributed by atoms with Gasteiger partial charge in [0.05, 0.1) is 26.4 Å². The van der Waals surface area contributed by atoms with Crippen molar-refractivity contribution in [2.75, 3.05) is 26.6 Å². The number of carbonyl (C=O) groups excluding carboxylic acids is 1. The molecule has 1 N–H and O–H groups in total. The van der Waals surface area contributed by atoms with E-state index in [0.29, 0.717) is 23.0 Å². The fraction of sp³-hybridized carbons (Fsp3) is 0.382. The van der Waals surface area contributed by atoms with Gasteiger partial charge in [-0.2, -0.15) is 0 Å². The first-order valence-corrected chi connectivity index (χ1v) is 16.5. The van der Waals surface area contributed by atoms with Crippen molar-refractivity contribution in [3.63, 3.8) is 0 Å². The second kappa shape index (κ2) is 16.8. The number of hydrogen-bond donors (Lipinski definition) is 1. The van der Waals surface area contributed by atoms with Crippen LogP contribution in [0, 0.1) is 12.8 Å². The van der Waals surface area contributed by atoms with E-state index in [1.807, 2.05) is 12.1 Å². The van der Waals surface area contributed by atoms with Gasteiger partial charge in [-0.3, -0.25) is 0 Å². The third-order valence-corrected chi connectivity index (χ3v) is 9.68. The minimum Gasteiger partial charge on any atom is -0.493 e. The predicted molar refractivity (Wildman–Crippen MR) is 185 cm³/mol. The van der Waals surface area contributed by atoms with Crippen molar-refractivity contribution in [3.05, 3.63) is 75.2 Å². The molecule has 1 heterocycles. The maximum Gasteiger partial charge on any atom is 0.203 e. The van der Waals surface area contributed by atoms with Gasteiger partial charge in [0.25, 0.3) is 0 Å². The molecule has 0 saturated heterocycles. The van der Waals surface area contributed by atoms with Crippen molar-refractivity contribution in [3.8, 4) is 28.4 Å². The number of ketones is 1. The van der Waals surface area contributed by atoms with Gasteiger partial charge in [-0.1, -0.05) is 80.3 Å². The van der Waals surface area contributed by atoms with E-state index in [1.54, 1.807) is 51.4 Å². The van der Waals surface area contributed by atoms with E-state index in [9.17, 15) is 4.79 Å². The van der Waals surface area contributed by atoms with Crippen LogP contribution < -0.4 is 19.5 Å². The third-order valence-electron chi connectivity index (χ3n) is 7.01.